The normalized spacial score (nSPS) is 11.8. The van der Waals surface area contributed by atoms with Crippen molar-refractivity contribution in [1.82, 2.24) is 5.32 Å². The van der Waals surface area contributed by atoms with E-state index in [1.54, 1.807) is 32.0 Å². The lowest BCUT2D eigenvalue weighted by Gasteiger charge is -2.15. The Morgan fingerprint density at radius 1 is 1.26 bits per heavy atom. The number of amides is 2. The molecule has 0 spiro atoms. The fourth-order valence-corrected chi connectivity index (χ4v) is 2.16. The summed E-state index contributed by atoms with van der Waals surface area (Å²) in [4.78, 5) is 24.6. The monoisotopic (exact) mass is 335 g/mol. The van der Waals surface area contributed by atoms with Crippen molar-refractivity contribution < 1.29 is 14.0 Å². The second-order valence-electron chi connectivity index (χ2n) is 5.14. The molecule has 1 aromatic heterocycles. The molecule has 0 unspecified atom stereocenters. The number of anilines is 1. The van der Waals surface area contributed by atoms with Crippen molar-refractivity contribution in [3.05, 3.63) is 52.4 Å². The van der Waals surface area contributed by atoms with Gasteiger partial charge in [0.1, 0.15) is 5.76 Å². The molecule has 0 aliphatic carbocycles. The van der Waals surface area contributed by atoms with Gasteiger partial charge in [0.25, 0.3) is 11.8 Å². The Morgan fingerprint density at radius 2 is 2.00 bits per heavy atom. The lowest BCUT2D eigenvalue weighted by atomic mass is 10.1. The van der Waals surface area contributed by atoms with E-state index >= 15 is 0 Å². The van der Waals surface area contributed by atoms with Gasteiger partial charge < -0.3 is 20.8 Å². The van der Waals surface area contributed by atoms with Crippen LogP contribution in [-0.4, -0.2) is 24.4 Å². The van der Waals surface area contributed by atoms with E-state index in [4.69, 9.17) is 21.8 Å². The largest absolute Gasteiger partial charge is 0.469 e. The van der Waals surface area contributed by atoms with Crippen molar-refractivity contribution in [2.24, 2.45) is 5.73 Å². The van der Waals surface area contributed by atoms with Crippen LogP contribution >= 0.6 is 11.6 Å². The predicted octanol–water partition coefficient (Wildman–Crippen LogP) is 2.57. The Bertz CT molecular complexity index is 727. The summed E-state index contributed by atoms with van der Waals surface area (Å²) in [6.07, 6.45) is 1.43. The molecule has 1 atom stereocenters. The third-order valence-electron chi connectivity index (χ3n) is 3.31. The van der Waals surface area contributed by atoms with Gasteiger partial charge in [-0.2, -0.15) is 0 Å². The molecule has 1 aromatic carbocycles. The minimum atomic E-state index is -0.376. The molecule has 4 N–H and O–H groups in total. The van der Waals surface area contributed by atoms with E-state index in [1.165, 1.54) is 12.3 Å². The molecular weight excluding hydrogens is 318 g/mol. The highest BCUT2D eigenvalue weighted by molar-refractivity contribution is 6.31. The molecule has 6 nitrogen and oxygen atoms in total. The van der Waals surface area contributed by atoms with Crippen LogP contribution in [0.1, 0.15) is 33.4 Å². The number of halogens is 1. The first kappa shape index (κ1) is 17.1. The summed E-state index contributed by atoms with van der Waals surface area (Å²) in [7, 11) is 0. The second-order valence-corrected chi connectivity index (χ2v) is 5.58. The quantitative estimate of drug-likeness (QED) is 0.782. The summed E-state index contributed by atoms with van der Waals surface area (Å²) in [5.74, 6) is -0.217. The van der Waals surface area contributed by atoms with Gasteiger partial charge in [0.2, 0.25) is 0 Å². The number of hydrogen-bond acceptors (Lipinski definition) is 4. The van der Waals surface area contributed by atoms with Crippen LogP contribution in [0.5, 0.6) is 0 Å². The molecule has 2 amide bonds. The second kappa shape index (κ2) is 7.30. The minimum absolute atomic E-state index is 0.183. The third kappa shape index (κ3) is 4.12. The number of hydrogen-bond donors (Lipinski definition) is 3. The number of benzene rings is 1. The van der Waals surface area contributed by atoms with Crippen LogP contribution in [0, 0.1) is 6.92 Å². The van der Waals surface area contributed by atoms with Gasteiger partial charge in [-0.3, -0.25) is 9.59 Å². The smallest absolute Gasteiger partial charge is 0.259 e. The number of aryl methyl sites for hydroxylation is 1. The zero-order valence-corrected chi connectivity index (χ0v) is 13.6. The summed E-state index contributed by atoms with van der Waals surface area (Å²) in [6, 6.07) is 6.04. The maximum absolute atomic E-state index is 12.3. The molecule has 0 radical (unpaired) electrons. The average Bonchev–Trinajstić information content (AvgIpc) is 2.93. The van der Waals surface area contributed by atoms with Gasteiger partial charge in [0, 0.05) is 17.6 Å². The van der Waals surface area contributed by atoms with Crippen LogP contribution < -0.4 is 16.4 Å². The van der Waals surface area contributed by atoms with Crippen LogP contribution in [0.15, 0.2) is 34.9 Å². The highest BCUT2D eigenvalue weighted by Gasteiger charge is 2.18. The Labute approximate surface area is 139 Å². The maximum atomic E-state index is 12.3. The number of nitrogens with one attached hydrogen (secondary N) is 2. The number of furan rings is 1. The van der Waals surface area contributed by atoms with E-state index in [9.17, 15) is 9.59 Å². The van der Waals surface area contributed by atoms with Gasteiger partial charge in [0.15, 0.2) is 0 Å². The number of carbonyl (C=O) groups excluding carboxylic acids is 2. The fraction of sp³-hybridized carbons (Fsp3) is 0.250. The molecule has 23 heavy (non-hydrogen) atoms. The minimum Gasteiger partial charge on any atom is -0.469 e. The van der Waals surface area contributed by atoms with Gasteiger partial charge in [-0.25, -0.2) is 0 Å². The molecule has 0 fully saturated rings. The van der Waals surface area contributed by atoms with Crippen molar-refractivity contribution in [1.29, 1.82) is 0 Å². The summed E-state index contributed by atoms with van der Waals surface area (Å²) in [6.45, 7) is 3.79. The van der Waals surface area contributed by atoms with E-state index in [2.05, 4.69) is 10.6 Å². The predicted molar refractivity (Wildman–Crippen MR) is 88.8 cm³/mol. The molecule has 0 saturated heterocycles. The first-order chi connectivity index (χ1) is 10.9. The van der Waals surface area contributed by atoms with E-state index in [1.807, 2.05) is 0 Å². The average molecular weight is 336 g/mol. The highest BCUT2D eigenvalue weighted by Crippen LogP contribution is 2.22. The van der Waals surface area contributed by atoms with Crippen molar-refractivity contribution in [2.75, 3.05) is 11.9 Å². The Balaban J connectivity index is 2.27. The lowest BCUT2D eigenvalue weighted by molar-refractivity contribution is 0.0942. The van der Waals surface area contributed by atoms with Crippen LogP contribution in [0.2, 0.25) is 5.02 Å². The van der Waals surface area contributed by atoms with Crippen LogP contribution in [0.3, 0.4) is 0 Å². The van der Waals surface area contributed by atoms with Crippen LogP contribution in [0.25, 0.3) is 0 Å². The van der Waals surface area contributed by atoms with Crippen molar-refractivity contribution in [3.63, 3.8) is 0 Å². The van der Waals surface area contributed by atoms with E-state index in [0.717, 1.165) is 0 Å². The molecule has 0 aliphatic heterocycles. The molecule has 0 bridgehead atoms. The molecule has 2 aromatic rings. The van der Waals surface area contributed by atoms with Crippen molar-refractivity contribution in [2.45, 2.75) is 19.9 Å². The molecule has 1 heterocycles. The molecule has 122 valence electrons. The van der Waals surface area contributed by atoms with Gasteiger partial charge in [-0.05, 0) is 38.1 Å². The Hall–Kier alpha value is -2.31. The lowest BCUT2D eigenvalue weighted by Crippen LogP contribution is -2.38. The zero-order chi connectivity index (χ0) is 17.0. The van der Waals surface area contributed by atoms with Gasteiger partial charge >= 0.3 is 0 Å². The molecule has 0 aliphatic rings. The van der Waals surface area contributed by atoms with E-state index in [-0.39, 0.29) is 17.9 Å². The van der Waals surface area contributed by atoms with Crippen LogP contribution in [-0.2, 0) is 0 Å². The number of rotatable bonds is 5. The summed E-state index contributed by atoms with van der Waals surface area (Å²) in [5, 5.41) is 5.85. The topological polar surface area (TPSA) is 97.4 Å². The zero-order valence-electron chi connectivity index (χ0n) is 12.9. The number of nitrogens with two attached hydrogens (primary N) is 1. The molecule has 2 rings (SSSR count). The number of carbonyl (C=O) groups is 2. The first-order valence-electron chi connectivity index (χ1n) is 7.08. The first-order valence-corrected chi connectivity index (χ1v) is 7.46. The van der Waals surface area contributed by atoms with E-state index in [0.29, 0.717) is 34.1 Å². The van der Waals surface area contributed by atoms with Gasteiger partial charge in [0.05, 0.1) is 23.1 Å². The standard InChI is InChI=1S/C16H18ClN3O3/c1-9(8-18)19-16(22)13-4-3-11(17)7-14(13)20-15(21)12-5-6-23-10(12)2/h3-7,9H,8,18H2,1-2H3,(H,19,22)(H,20,21)/t9-/m0/s1. The Morgan fingerprint density at radius 3 is 2.61 bits per heavy atom. The summed E-state index contributed by atoms with van der Waals surface area (Å²) in [5.41, 5.74) is 6.53. The summed E-state index contributed by atoms with van der Waals surface area (Å²) >= 11 is 5.97. The molecule has 0 saturated carbocycles. The molecular formula is C16H18ClN3O3. The van der Waals surface area contributed by atoms with Gasteiger partial charge in [-0.1, -0.05) is 11.6 Å². The molecule has 7 heteroatoms. The summed E-state index contributed by atoms with van der Waals surface area (Å²) < 4.78 is 5.11. The highest BCUT2D eigenvalue weighted by atomic mass is 35.5. The third-order valence-corrected chi connectivity index (χ3v) is 3.54. The maximum Gasteiger partial charge on any atom is 0.259 e. The van der Waals surface area contributed by atoms with Crippen LogP contribution in [0.4, 0.5) is 5.69 Å². The van der Waals surface area contributed by atoms with Gasteiger partial charge in [-0.15, -0.1) is 0 Å². The SMILES string of the molecule is Cc1occc1C(=O)Nc1cc(Cl)ccc1C(=O)N[C@@H](C)CN. The Kier molecular flexibility index (Phi) is 5.41. The van der Waals surface area contributed by atoms with E-state index < -0.39 is 0 Å². The van der Waals surface area contributed by atoms with Crippen molar-refractivity contribution >= 4 is 29.1 Å². The van der Waals surface area contributed by atoms with Crippen molar-refractivity contribution in [3.8, 4) is 0 Å². The fourth-order valence-electron chi connectivity index (χ4n) is 1.99.